The highest BCUT2D eigenvalue weighted by Crippen LogP contribution is 2.36. The Bertz CT molecular complexity index is 1700. The summed E-state index contributed by atoms with van der Waals surface area (Å²) in [4.78, 5) is 6.91. The van der Waals surface area contributed by atoms with E-state index >= 15 is 8.78 Å². The summed E-state index contributed by atoms with van der Waals surface area (Å²) in [5.41, 5.74) is -0.781. The molecule has 5 aromatic rings. The number of benzene rings is 3. The van der Waals surface area contributed by atoms with Crippen molar-refractivity contribution in [2.24, 2.45) is 0 Å². The first-order valence-electron chi connectivity index (χ1n) is 10.3. The lowest BCUT2D eigenvalue weighted by Gasteiger charge is -2.13. The van der Waals surface area contributed by atoms with Crippen molar-refractivity contribution in [1.29, 1.82) is 0 Å². The SMILES string of the molecule is Cc1c(Cl)cccc1S(=O)(=O)Cc1ccc(F)c(-c2ccc3c(-c4ncc[nH]4)[nH]nc3c2F)c1F. The average Bonchev–Trinajstić information content (AvgIpc) is 3.49. The minimum Gasteiger partial charge on any atom is -0.343 e. The van der Waals surface area contributed by atoms with Gasteiger partial charge in [0.1, 0.15) is 22.8 Å². The van der Waals surface area contributed by atoms with Crippen LogP contribution >= 0.6 is 11.6 Å². The summed E-state index contributed by atoms with van der Waals surface area (Å²) in [6, 6.07) is 9.01. The van der Waals surface area contributed by atoms with Gasteiger partial charge in [-0.25, -0.2) is 26.6 Å². The first-order chi connectivity index (χ1) is 16.7. The van der Waals surface area contributed by atoms with Gasteiger partial charge in [-0.15, -0.1) is 0 Å². The minimum atomic E-state index is -4.04. The van der Waals surface area contributed by atoms with E-state index in [0.717, 1.165) is 12.1 Å². The Balaban J connectivity index is 1.60. The Morgan fingerprint density at radius 2 is 1.83 bits per heavy atom. The van der Waals surface area contributed by atoms with Gasteiger partial charge in [0.15, 0.2) is 21.5 Å². The smallest absolute Gasteiger partial charge is 0.182 e. The molecular formula is C24H16ClF3N4O2S. The van der Waals surface area contributed by atoms with Crippen LogP contribution in [0.1, 0.15) is 11.1 Å². The van der Waals surface area contributed by atoms with Crippen molar-refractivity contribution in [3.8, 4) is 22.6 Å². The molecule has 35 heavy (non-hydrogen) atoms. The van der Waals surface area contributed by atoms with Crippen molar-refractivity contribution in [2.45, 2.75) is 17.6 Å². The molecule has 11 heteroatoms. The zero-order chi connectivity index (χ0) is 24.9. The maximum absolute atomic E-state index is 15.5. The van der Waals surface area contributed by atoms with Crippen LogP contribution in [-0.2, 0) is 15.6 Å². The molecular weight excluding hydrogens is 501 g/mol. The van der Waals surface area contributed by atoms with E-state index < -0.39 is 38.6 Å². The Morgan fingerprint density at radius 3 is 2.57 bits per heavy atom. The molecule has 0 unspecified atom stereocenters. The van der Waals surface area contributed by atoms with Crippen molar-refractivity contribution in [2.75, 3.05) is 0 Å². The average molecular weight is 517 g/mol. The van der Waals surface area contributed by atoms with Crippen LogP contribution in [0.3, 0.4) is 0 Å². The van der Waals surface area contributed by atoms with Gasteiger partial charge in [-0.2, -0.15) is 5.10 Å². The standard InChI is InChI=1S/C24H16ClF3N4O2S/c1-12-16(25)3-2-4-18(12)35(33,34)11-13-5-8-17(26)19(20(13)27)14-6-7-15-22(21(14)28)31-32-23(15)24-29-9-10-30-24/h2-10H,11H2,1H3,(H,29,30)(H,31,32). The number of sulfone groups is 1. The van der Waals surface area contributed by atoms with Crippen LogP contribution in [0.25, 0.3) is 33.5 Å². The zero-order valence-corrected chi connectivity index (χ0v) is 19.6. The molecule has 0 bridgehead atoms. The van der Waals surface area contributed by atoms with Gasteiger partial charge in [-0.05, 0) is 36.8 Å². The zero-order valence-electron chi connectivity index (χ0n) is 18.0. The summed E-state index contributed by atoms with van der Waals surface area (Å²) >= 11 is 6.04. The van der Waals surface area contributed by atoms with Crippen LogP contribution in [0.4, 0.5) is 13.2 Å². The van der Waals surface area contributed by atoms with E-state index in [9.17, 15) is 12.8 Å². The van der Waals surface area contributed by atoms with Crippen LogP contribution in [0.2, 0.25) is 5.02 Å². The van der Waals surface area contributed by atoms with E-state index in [1.165, 1.54) is 43.5 Å². The third-order valence-corrected chi connectivity index (χ3v) is 7.95. The van der Waals surface area contributed by atoms with Gasteiger partial charge < -0.3 is 4.98 Å². The highest BCUT2D eigenvalue weighted by Gasteiger charge is 2.26. The predicted molar refractivity (Wildman–Crippen MR) is 126 cm³/mol. The quantitative estimate of drug-likeness (QED) is 0.301. The maximum Gasteiger partial charge on any atom is 0.182 e. The second kappa shape index (κ2) is 8.54. The minimum absolute atomic E-state index is 0.0650. The number of aromatic nitrogens is 4. The van der Waals surface area contributed by atoms with Crippen LogP contribution < -0.4 is 0 Å². The van der Waals surface area contributed by atoms with Crippen molar-refractivity contribution in [3.63, 3.8) is 0 Å². The number of halogens is 4. The summed E-state index contributed by atoms with van der Waals surface area (Å²) in [6.45, 7) is 1.53. The van der Waals surface area contributed by atoms with Crippen molar-refractivity contribution in [3.05, 3.63) is 88.5 Å². The Kier molecular flexibility index (Phi) is 5.65. The molecule has 0 aliphatic heterocycles. The molecule has 3 aromatic carbocycles. The van der Waals surface area contributed by atoms with E-state index in [1.54, 1.807) is 6.20 Å². The fourth-order valence-electron chi connectivity index (χ4n) is 3.98. The predicted octanol–water partition coefficient (Wildman–Crippen LogP) is 5.97. The topological polar surface area (TPSA) is 91.5 Å². The van der Waals surface area contributed by atoms with E-state index in [0.29, 0.717) is 22.5 Å². The second-order valence-electron chi connectivity index (χ2n) is 7.88. The second-order valence-corrected chi connectivity index (χ2v) is 10.2. The van der Waals surface area contributed by atoms with Gasteiger partial charge in [0.05, 0.1) is 16.2 Å². The van der Waals surface area contributed by atoms with Crippen LogP contribution in [-0.4, -0.2) is 28.6 Å². The molecule has 0 saturated heterocycles. The van der Waals surface area contributed by atoms with Gasteiger partial charge in [0.25, 0.3) is 0 Å². The van der Waals surface area contributed by atoms with E-state index in [4.69, 9.17) is 11.6 Å². The number of imidazole rings is 1. The molecule has 6 nitrogen and oxygen atoms in total. The molecule has 5 rings (SSSR count). The number of nitrogens with one attached hydrogen (secondary N) is 2. The summed E-state index contributed by atoms with van der Waals surface area (Å²) < 4.78 is 71.7. The fraction of sp³-hybridized carbons (Fsp3) is 0.0833. The fourth-order valence-corrected chi connectivity index (χ4v) is 5.87. The third kappa shape index (κ3) is 3.88. The lowest BCUT2D eigenvalue weighted by Crippen LogP contribution is -2.09. The molecule has 2 heterocycles. The molecule has 0 fully saturated rings. The number of rotatable bonds is 5. The molecule has 0 spiro atoms. The monoisotopic (exact) mass is 516 g/mol. The Morgan fingerprint density at radius 1 is 1.03 bits per heavy atom. The summed E-state index contributed by atoms with van der Waals surface area (Å²) in [5, 5.41) is 7.22. The van der Waals surface area contributed by atoms with Gasteiger partial charge in [-0.3, -0.25) is 5.10 Å². The third-order valence-electron chi connectivity index (χ3n) is 5.74. The van der Waals surface area contributed by atoms with Crippen LogP contribution in [0, 0.1) is 24.4 Å². The largest absolute Gasteiger partial charge is 0.343 e. The molecule has 178 valence electrons. The number of hydrogen-bond acceptors (Lipinski definition) is 4. The van der Waals surface area contributed by atoms with Crippen molar-refractivity contribution >= 4 is 32.3 Å². The first-order valence-corrected chi connectivity index (χ1v) is 12.3. The van der Waals surface area contributed by atoms with Crippen LogP contribution in [0.5, 0.6) is 0 Å². The van der Waals surface area contributed by atoms with Crippen molar-refractivity contribution < 1.29 is 21.6 Å². The first kappa shape index (κ1) is 23.1. The summed E-state index contributed by atoms with van der Waals surface area (Å²) in [6.07, 6.45) is 3.10. The maximum atomic E-state index is 15.5. The summed E-state index contributed by atoms with van der Waals surface area (Å²) in [7, 11) is -4.04. The highest BCUT2D eigenvalue weighted by molar-refractivity contribution is 7.90. The molecule has 0 saturated carbocycles. The van der Waals surface area contributed by atoms with E-state index in [2.05, 4.69) is 20.2 Å². The molecule has 0 radical (unpaired) electrons. The van der Waals surface area contributed by atoms with Gasteiger partial charge in [0.2, 0.25) is 0 Å². The molecule has 0 amide bonds. The van der Waals surface area contributed by atoms with Gasteiger partial charge in [-0.1, -0.05) is 29.8 Å². The Hall–Kier alpha value is -3.63. The number of hydrogen-bond donors (Lipinski definition) is 2. The molecule has 2 aromatic heterocycles. The Labute approximate surface area is 202 Å². The number of H-pyrrole nitrogens is 2. The molecule has 0 aliphatic carbocycles. The number of nitrogens with zero attached hydrogens (tertiary/aromatic N) is 2. The van der Waals surface area contributed by atoms with Gasteiger partial charge >= 0.3 is 0 Å². The normalized spacial score (nSPS) is 11.9. The number of fused-ring (bicyclic) bond motifs is 1. The lowest BCUT2D eigenvalue weighted by molar-refractivity contribution is 0.570. The van der Waals surface area contributed by atoms with Crippen LogP contribution in [0.15, 0.2) is 59.8 Å². The molecule has 2 N–H and O–H groups in total. The van der Waals surface area contributed by atoms with Gasteiger partial charge in [0, 0.05) is 33.9 Å². The summed E-state index contributed by atoms with van der Waals surface area (Å²) in [5.74, 6) is -3.51. The van der Waals surface area contributed by atoms with E-state index in [-0.39, 0.29) is 26.6 Å². The highest BCUT2D eigenvalue weighted by atomic mass is 35.5. The number of aromatic amines is 2. The van der Waals surface area contributed by atoms with E-state index in [1.807, 2.05) is 0 Å². The lowest BCUT2D eigenvalue weighted by atomic mass is 9.99. The van der Waals surface area contributed by atoms with Crippen molar-refractivity contribution in [1.82, 2.24) is 20.2 Å². The molecule has 0 atom stereocenters. The molecule has 0 aliphatic rings.